The molecule has 1 aliphatic rings. The van der Waals surface area contributed by atoms with Crippen molar-refractivity contribution in [2.24, 2.45) is 0 Å². The van der Waals surface area contributed by atoms with Crippen molar-refractivity contribution in [3.63, 3.8) is 0 Å². The monoisotopic (exact) mass is 542 g/mol. The van der Waals surface area contributed by atoms with Gasteiger partial charge in [0.1, 0.15) is 11.8 Å². The average molecular weight is 543 g/mol. The van der Waals surface area contributed by atoms with Gasteiger partial charge >= 0.3 is 11.1 Å². The number of methoxy groups -OCH3 is 1. The first-order valence-electron chi connectivity index (χ1n) is 13.0. The number of amides is 2. The summed E-state index contributed by atoms with van der Waals surface area (Å²) in [5, 5.41) is 13.7. The second kappa shape index (κ2) is 11.1. The van der Waals surface area contributed by atoms with Crippen molar-refractivity contribution in [1.82, 2.24) is 25.8 Å². The molecule has 1 aliphatic heterocycles. The van der Waals surface area contributed by atoms with Gasteiger partial charge in [-0.1, -0.05) is 36.4 Å². The lowest BCUT2D eigenvalue weighted by atomic mass is 9.99. The Hall–Kier alpha value is -4.77. The lowest BCUT2D eigenvalue weighted by Gasteiger charge is -2.28. The topological polar surface area (TPSA) is 149 Å². The van der Waals surface area contributed by atoms with E-state index in [1.807, 2.05) is 48.5 Å². The lowest BCUT2D eigenvalue weighted by Crippen LogP contribution is -2.52. The maximum absolute atomic E-state index is 14.0. The zero-order valence-corrected chi connectivity index (χ0v) is 22.4. The van der Waals surface area contributed by atoms with Crippen molar-refractivity contribution < 1.29 is 14.3 Å². The number of hydrogen-bond donors (Lipinski definition) is 4. The van der Waals surface area contributed by atoms with E-state index in [1.165, 1.54) is 0 Å². The third-order valence-corrected chi connectivity index (χ3v) is 7.30. The Labute approximate surface area is 229 Å². The molecule has 0 bridgehead atoms. The fourth-order valence-corrected chi connectivity index (χ4v) is 4.96. The maximum atomic E-state index is 14.0. The largest absolute Gasteiger partial charge is 0.496 e. The Balaban J connectivity index is 1.57. The van der Waals surface area contributed by atoms with Gasteiger partial charge in [-0.15, -0.1) is 0 Å². The van der Waals surface area contributed by atoms with E-state index in [2.05, 4.69) is 25.8 Å². The molecule has 11 heteroatoms. The number of hydrogen-bond acceptors (Lipinski definition) is 7. The van der Waals surface area contributed by atoms with Gasteiger partial charge in [-0.2, -0.15) is 5.10 Å². The van der Waals surface area contributed by atoms with E-state index in [0.717, 1.165) is 27.6 Å². The van der Waals surface area contributed by atoms with Crippen LogP contribution in [0.2, 0.25) is 0 Å². The second-order valence-electron chi connectivity index (χ2n) is 9.70. The molecule has 0 radical (unpaired) electrons. The Bertz CT molecular complexity index is 1710. The predicted molar refractivity (Wildman–Crippen MR) is 151 cm³/mol. The van der Waals surface area contributed by atoms with E-state index in [1.54, 1.807) is 32.0 Å². The van der Waals surface area contributed by atoms with Crippen molar-refractivity contribution in [3.8, 4) is 17.1 Å². The lowest BCUT2D eigenvalue weighted by molar-refractivity contribution is -0.128. The molecule has 0 aliphatic carbocycles. The van der Waals surface area contributed by atoms with Crippen molar-refractivity contribution in [2.75, 3.05) is 19.1 Å². The maximum Gasteiger partial charge on any atom is 0.329 e. The number of likely N-dealkylation sites (N-methyl/N-ethyl adjacent to an activating group) is 1. The normalized spacial score (nSPS) is 15.8. The molecule has 1 aromatic heterocycles. The van der Waals surface area contributed by atoms with Gasteiger partial charge in [0.2, 0.25) is 11.8 Å². The van der Waals surface area contributed by atoms with E-state index in [9.17, 15) is 19.2 Å². The molecule has 11 nitrogen and oxygen atoms in total. The number of aromatic nitrogens is 3. The minimum atomic E-state index is -0.825. The number of carbonyl (C=O) groups is 2. The molecule has 4 aromatic rings. The summed E-state index contributed by atoms with van der Waals surface area (Å²) in [5.41, 5.74) is 1.58. The van der Waals surface area contributed by atoms with Gasteiger partial charge in [0, 0.05) is 16.8 Å². The van der Waals surface area contributed by atoms with Crippen LogP contribution in [0.3, 0.4) is 0 Å². The molecule has 206 valence electrons. The molecule has 0 spiro atoms. The number of para-hydroxylation sites is 1. The SMILES string of the molecule is CN[C@@H](C)C(=O)N[C@H]1CCc2ccccc2N(Cc2c(OC)ccc3cc(-c4n[nH]c(=O)c(=O)[nH]4)ccc23)C1=O. The van der Waals surface area contributed by atoms with E-state index in [4.69, 9.17) is 4.74 Å². The first kappa shape index (κ1) is 26.8. The van der Waals surface area contributed by atoms with Crippen LogP contribution in [0.5, 0.6) is 5.75 Å². The third-order valence-electron chi connectivity index (χ3n) is 7.30. The molecule has 4 N–H and O–H groups in total. The summed E-state index contributed by atoms with van der Waals surface area (Å²) in [7, 11) is 3.28. The van der Waals surface area contributed by atoms with Gasteiger partial charge in [0.25, 0.3) is 0 Å². The first-order valence-corrected chi connectivity index (χ1v) is 13.0. The van der Waals surface area contributed by atoms with E-state index in [0.29, 0.717) is 24.2 Å². The van der Waals surface area contributed by atoms with E-state index >= 15 is 0 Å². The zero-order valence-electron chi connectivity index (χ0n) is 22.4. The highest BCUT2D eigenvalue weighted by Crippen LogP contribution is 2.35. The molecule has 3 aromatic carbocycles. The summed E-state index contributed by atoms with van der Waals surface area (Å²) in [6.07, 6.45) is 1.12. The minimum Gasteiger partial charge on any atom is -0.496 e. The van der Waals surface area contributed by atoms with Crippen molar-refractivity contribution in [3.05, 3.63) is 86.4 Å². The number of nitrogens with zero attached hydrogens (tertiary/aromatic N) is 2. The highest BCUT2D eigenvalue weighted by atomic mass is 16.5. The number of ether oxygens (including phenoxy) is 1. The Morgan fingerprint density at radius 3 is 2.67 bits per heavy atom. The average Bonchev–Trinajstić information content (AvgIpc) is 3.10. The number of rotatable bonds is 7. The molecule has 0 saturated carbocycles. The van der Waals surface area contributed by atoms with E-state index < -0.39 is 23.2 Å². The minimum absolute atomic E-state index is 0.202. The van der Waals surface area contributed by atoms with Crippen LogP contribution in [0, 0.1) is 0 Å². The van der Waals surface area contributed by atoms with Crippen LogP contribution in [0.4, 0.5) is 5.69 Å². The molecule has 2 amide bonds. The summed E-state index contributed by atoms with van der Waals surface area (Å²) in [6.45, 7) is 1.95. The summed E-state index contributed by atoms with van der Waals surface area (Å²) in [5.74, 6) is 0.396. The number of aryl methyl sites for hydroxylation is 1. The van der Waals surface area contributed by atoms with Gasteiger partial charge in [-0.05, 0) is 61.3 Å². The smallest absolute Gasteiger partial charge is 0.329 e. The number of benzene rings is 3. The second-order valence-corrected chi connectivity index (χ2v) is 9.70. The molecule has 40 heavy (non-hydrogen) atoms. The van der Waals surface area contributed by atoms with Gasteiger partial charge in [0.05, 0.1) is 19.7 Å². The van der Waals surface area contributed by atoms with Crippen molar-refractivity contribution in [2.45, 2.75) is 38.4 Å². The van der Waals surface area contributed by atoms with Gasteiger partial charge in [-0.3, -0.25) is 19.2 Å². The molecular formula is C29H30N6O5. The highest BCUT2D eigenvalue weighted by molar-refractivity contribution is 6.02. The van der Waals surface area contributed by atoms with Crippen molar-refractivity contribution >= 4 is 28.3 Å². The summed E-state index contributed by atoms with van der Waals surface area (Å²) >= 11 is 0. The Morgan fingerprint density at radius 1 is 1.12 bits per heavy atom. The van der Waals surface area contributed by atoms with E-state index in [-0.39, 0.29) is 24.2 Å². The van der Waals surface area contributed by atoms with Crippen LogP contribution in [-0.4, -0.2) is 53.2 Å². The van der Waals surface area contributed by atoms with Crippen LogP contribution < -0.4 is 31.4 Å². The van der Waals surface area contributed by atoms with Crippen LogP contribution in [0.15, 0.2) is 64.2 Å². The number of nitrogens with one attached hydrogen (secondary N) is 4. The quantitative estimate of drug-likeness (QED) is 0.261. The summed E-state index contributed by atoms with van der Waals surface area (Å²) in [4.78, 5) is 54.1. The van der Waals surface area contributed by atoms with Gasteiger partial charge in [-0.25, -0.2) is 5.10 Å². The van der Waals surface area contributed by atoms with Crippen molar-refractivity contribution in [1.29, 1.82) is 0 Å². The number of H-pyrrole nitrogens is 2. The first-order chi connectivity index (χ1) is 19.3. The van der Waals surface area contributed by atoms with Gasteiger partial charge in [0.15, 0.2) is 5.82 Å². The molecule has 2 heterocycles. The highest BCUT2D eigenvalue weighted by Gasteiger charge is 2.33. The molecule has 0 saturated heterocycles. The number of aromatic amines is 2. The molecule has 0 fully saturated rings. The molecule has 0 unspecified atom stereocenters. The number of fused-ring (bicyclic) bond motifs is 2. The fraction of sp³-hybridized carbons (Fsp3) is 0.276. The number of carbonyl (C=O) groups excluding carboxylic acids is 2. The van der Waals surface area contributed by atoms with Crippen LogP contribution in [0.1, 0.15) is 24.5 Å². The zero-order chi connectivity index (χ0) is 28.4. The molecule has 5 rings (SSSR count). The number of anilines is 1. The summed E-state index contributed by atoms with van der Waals surface area (Å²) < 4.78 is 5.72. The molecule has 2 atom stereocenters. The van der Waals surface area contributed by atoms with Crippen LogP contribution in [-0.2, 0) is 22.6 Å². The van der Waals surface area contributed by atoms with Gasteiger partial charge < -0.3 is 25.3 Å². The standard InChI is InChI=1S/C29H30N6O5/c1-16(30-2)26(36)31-22-12-9-17-6-4-5-7-23(17)35(29(22)39)15-21-20-11-8-19(14-18(20)10-13-24(21)40-3)25-32-27(37)28(38)34-33-25/h4-8,10-11,13-14,16,22,30H,9,12,15H2,1-3H3,(H,31,36)(H,34,38)(H,32,33,37)/t16-,22-/m0/s1. The summed E-state index contributed by atoms with van der Waals surface area (Å²) in [6, 6.07) is 15.8. The fourth-order valence-electron chi connectivity index (χ4n) is 4.96. The Kier molecular flexibility index (Phi) is 7.47. The predicted octanol–water partition coefficient (Wildman–Crippen LogP) is 1.86. The third kappa shape index (κ3) is 5.10. The Morgan fingerprint density at radius 2 is 1.93 bits per heavy atom. The van der Waals surface area contributed by atoms with Crippen LogP contribution in [0.25, 0.3) is 22.2 Å². The van der Waals surface area contributed by atoms with Crippen LogP contribution >= 0.6 is 0 Å². The molecular weight excluding hydrogens is 512 g/mol.